The summed E-state index contributed by atoms with van der Waals surface area (Å²) in [5, 5.41) is 14.6. The molecule has 1 aliphatic rings. The zero-order chi connectivity index (χ0) is 21.1. The summed E-state index contributed by atoms with van der Waals surface area (Å²) in [7, 11) is 4.13. The molecule has 1 aliphatic heterocycles. The van der Waals surface area contributed by atoms with Gasteiger partial charge in [0.15, 0.2) is 5.58 Å². The summed E-state index contributed by atoms with van der Waals surface area (Å²) in [6, 6.07) is 14.7. The first-order valence-corrected chi connectivity index (χ1v) is 10.6. The van der Waals surface area contributed by atoms with Crippen LogP contribution in [0.5, 0.6) is 0 Å². The van der Waals surface area contributed by atoms with Crippen molar-refractivity contribution in [2.24, 2.45) is 5.92 Å². The Labute approximate surface area is 177 Å². The Morgan fingerprint density at radius 2 is 1.90 bits per heavy atom. The average molecular weight is 408 g/mol. The Morgan fingerprint density at radius 1 is 1.17 bits per heavy atom. The third kappa shape index (κ3) is 4.33. The molecule has 6 heteroatoms. The Bertz CT molecular complexity index is 1010. The molecule has 1 saturated heterocycles. The van der Waals surface area contributed by atoms with Crippen molar-refractivity contribution in [1.82, 2.24) is 15.0 Å². The lowest BCUT2D eigenvalue weighted by Gasteiger charge is -2.29. The van der Waals surface area contributed by atoms with Gasteiger partial charge in [0.25, 0.3) is 0 Å². The Kier molecular flexibility index (Phi) is 6.04. The molecule has 0 bridgehead atoms. The molecular weight excluding hydrogens is 378 g/mol. The third-order valence-electron chi connectivity index (χ3n) is 6.05. The van der Waals surface area contributed by atoms with Crippen LogP contribution in [-0.2, 0) is 13.0 Å². The van der Waals surface area contributed by atoms with E-state index in [-0.39, 0.29) is 0 Å². The summed E-state index contributed by atoms with van der Waals surface area (Å²) >= 11 is 0. The highest BCUT2D eigenvalue weighted by atomic mass is 16.5. The number of hydrogen-bond donors (Lipinski definition) is 1. The van der Waals surface area contributed by atoms with Gasteiger partial charge in [-0.2, -0.15) is 0 Å². The van der Waals surface area contributed by atoms with E-state index in [0.717, 1.165) is 54.5 Å². The smallest absolute Gasteiger partial charge is 0.407 e. The van der Waals surface area contributed by atoms with Gasteiger partial charge in [0.2, 0.25) is 0 Å². The highest BCUT2D eigenvalue weighted by Gasteiger charge is 2.23. The molecule has 0 spiro atoms. The summed E-state index contributed by atoms with van der Waals surface area (Å²) in [6.45, 7) is 2.05. The third-order valence-corrected chi connectivity index (χ3v) is 6.05. The quantitative estimate of drug-likeness (QED) is 0.631. The zero-order valence-corrected chi connectivity index (χ0v) is 17.7. The van der Waals surface area contributed by atoms with E-state index in [9.17, 15) is 4.79 Å². The molecule has 6 nitrogen and oxygen atoms in total. The molecule has 1 fully saturated rings. The second-order valence-electron chi connectivity index (χ2n) is 8.45. The van der Waals surface area contributed by atoms with Crippen LogP contribution in [0, 0.1) is 5.92 Å². The molecule has 0 aliphatic carbocycles. The second-order valence-corrected chi connectivity index (χ2v) is 8.45. The minimum atomic E-state index is -0.807. The molecule has 158 valence electrons. The first-order chi connectivity index (χ1) is 14.5. The SMILES string of the molecule is CN(C)Cc1c(-c2ccccc2)ccc2c(CCC3CCN(C(=O)O)CC3)noc12. The predicted octanol–water partition coefficient (Wildman–Crippen LogP) is 4.88. The van der Waals surface area contributed by atoms with Crippen LogP contribution in [0.3, 0.4) is 0 Å². The fraction of sp³-hybridized carbons (Fsp3) is 0.417. The van der Waals surface area contributed by atoms with Gasteiger partial charge in [-0.15, -0.1) is 0 Å². The highest BCUT2D eigenvalue weighted by molar-refractivity contribution is 5.89. The van der Waals surface area contributed by atoms with Crippen LogP contribution in [0.15, 0.2) is 47.0 Å². The Morgan fingerprint density at radius 3 is 2.57 bits per heavy atom. The number of benzene rings is 2. The van der Waals surface area contributed by atoms with E-state index in [4.69, 9.17) is 9.63 Å². The normalized spacial score (nSPS) is 15.2. The van der Waals surface area contributed by atoms with Gasteiger partial charge in [0.1, 0.15) is 0 Å². The standard InChI is InChI=1S/C24H29N3O3/c1-26(2)16-21-19(18-6-4-3-5-7-18)9-10-20-22(25-30-23(20)21)11-8-17-12-14-27(15-13-17)24(28)29/h3-7,9-10,17H,8,11-16H2,1-2H3,(H,28,29). The van der Waals surface area contributed by atoms with Gasteiger partial charge in [0.05, 0.1) is 5.69 Å². The van der Waals surface area contributed by atoms with Crippen LogP contribution in [0.4, 0.5) is 4.79 Å². The van der Waals surface area contributed by atoms with Gasteiger partial charge in [-0.3, -0.25) is 0 Å². The Hall–Kier alpha value is -2.86. The summed E-state index contributed by atoms with van der Waals surface area (Å²) in [6.07, 6.45) is 2.91. The number of piperidine rings is 1. The predicted molar refractivity (Wildman–Crippen MR) is 117 cm³/mol. The molecule has 0 radical (unpaired) electrons. The first-order valence-electron chi connectivity index (χ1n) is 10.6. The number of fused-ring (bicyclic) bond motifs is 1. The van der Waals surface area contributed by atoms with Gasteiger partial charge in [0, 0.05) is 30.6 Å². The monoisotopic (exact) mass is 407 g/mol. The van der Waals surface area contributed by atoms with Crippen LogP contribution in [0.25, 0.3) is 22.1 Å². The summed E-state index contributed by atoms with van der Waals surface area (Å²) in [4.78, 5) is 14.8. The van der Waals surface area contributed by atoms with Crippen LogP contribution in [0.1, 0.15) is 30.5 Å². The number of likely N-dealkylation sites (tertiary alicyclic amines) is 1. The maximum Gasteiger partial charge on any atom is 0.407 e. The number of hydrogen-bond acceptors (Lipinski definition) is 4. The second kappa shape index (κ2) is 8.88. The summed E-state index contributed by atoms with van der Waals surface area (Å²) in [5.41, 5.74) is 5.41. The van der Waals surface area contributed by atoms with Crippen molar-refractivity contribution in [3.05, 3.63) is 53.7 Å². The van der Waals surface area contributed by atoms with E-state index in [1.165, 1.54) is 16.0 Å². The largest absolute Gasteiger partial charge is 0.465 e. The fourth-order valence-electron chi connectivity index (χ4n) is 4.40. The minimum Gasteiger partial charge on any atom is -0.465 e. The van der Waals surface area contributed by atoms with Crippen molar-refractivity contribution in [2.75, 3.05) is 27.2 Å². The van der Waals surface area contributed by atoms with Crippen molar-refractivity contribution in [2.45, 2.75) is 32.2 Å². The topological polar surface area (TPSA) is 69.8 Å². The van der Waals surface area contributed by atoms with E-state index < -0.39 is 6.09 Å². The van der Waals surface area contributed by atoms with E-state index >= 15 is 0 Å². The lowest BCUT2D eigenvalue weighted by molar-refractivity contribution is 0.123. The van der Waals surface area contributed by atoms with Gasteiger partial charge >= 0.3 is 6.09 Å². The molecule has 2 aromatic carbocycles. The highest BCUT2D eigenvalue weighted by Crippen LogP contribution is 2.33. The number of carbonyl (C=O) groups is 1. The lowest BCUT2D eigenvalue weighted by atomic mass is 9.91. The molecular formula is C24H29N3O3. The van der Waals surface area contributed by atoms with Crippen molar-refractivity contribution >= 4 is 17.1 Å². The van der Waals surface area contributed by atoms with E-state index in [1.807, 2.05) is 6.07 Å². The van der Waals surface area contributed by atoms with Crippen molar-refractivity contribution in [3.8, 4) is 11.1 Å². The minimum absolute atomic E-state index is 0.539. The maximum atomic E-state index is 11.1. The zero-order valence-electron chi connectivity index (χ0n) is 17.7. The van der Waals surface area contributed by atoms with Gasteiger partial charge < -0.3 is 19.4 Å². The molecule has 3 aromatic rings. The van der Waals surface area contributed by atoms with E-state index in [0.29, 0.717) is 19.0 Å². The summed E-state index contributed by atoms with van der Waals surface area (Å²) in [5.74, 6) is 0.539. The number of nitrogens with zero attached hydrogens (tertiary/aromatic N) is 3. The van der Waals surface area contributed by atoms with Crippen LogP contribution >= 0.6 is 0 Å². The number of carboxylic acid groups (broad SMARTS) is 1. The first kappa shape index (κ1) is 20.4. The molecule has 1 amide bonds. The van der Waals surface area contributed by atoms with Crippen molar-refractivity contribution in [3.63, 3.8) is 0 Å². The molecule has 0 atom stereocenters. The van der Waals surface area contributed by atoms with Crippen LogP contribution in [0.2, 0.25) is 0 Å². The van der Waals surface area contributed by atoms with Crippen LogP contribution in [-0.4, -0.2) is 53.3 Å². The summed E-state index contributed by atoms with van der Waals surface area (Å²) < 4.78 is 5.87. The molecule has 4 rings (SSSR count). The molecule has 1 aromatic heterocycles. The molecule has 1 N–H and O–H groups in total. The Balaban J connectivity index is 1.55. The number of aromatic nitrogens is 1. The van der Waals surface area contributed by atoms with E-state index in [2.05, 4.69) is 60.6 Å². The number of rotatable bonds is 6. The van der Waals surface area contributed by atoms with Gasteiger partial charge in [-0.05, 0) is 62.9 Å². The average Bonchev–Trinajstić information content (AvgIpc) is 3.16. The van der Waals surface area contributed by atoms with Gasteiger partial charge in [-0.1, -0.05) is 41.6 Å². The molecule has 0 unspecified atom stereocenters. The van der Waals surface area contributed by atoms with Crippen molar-refractivity contribution in [1.29, 1.82) is 0 Å². The number of amides is 1. The van der Waals surface area contributed by atoms with Crippen LogP contribution < -0.4 is 0 Å². The van der Waals surface area contributed by atoms with Gasteiger partial charge in [-0.25, -0.2) is 4.79 Å². The maximum absolute atomic E-state index is 11.1. The fourth-order valence-corrected chi connectivity index (χ4v) is 4.40. The van der Waals surface area contributed by atoms with Crippen molar-refractivity contribution < 1.29 is 14.4 Å². The number of aryl methyl sites for hydroxylation is 1. The molecule has 30 heavy (non-hydrogen) atoms. The van der Waals surface area contributed by atoms with E-state index in [1.54, 1.807) is 0 Å². The molecule has 2 heterocycles. The molecule has 0 saturated carbocycles. The lowest BCUT2D eigenvalue weighted by Crippen LogP contribution is -2.37.